The van der Waals surface area contributed by atoms with E-state index in [0.717, 1.165) is 37.2 Å². The minimum Gasteiger partial charge on any atom is -0.508 e. The highest BCUT2D eigenvalue weighted by molar-refractivity contribution is 6.31. The molecule has 53 heavy (non-hydrogen) atoms. The molecule has 272 valence electrons. The summed E-state index contributed by atoms with van der Waals surface area (Å²) in [5, 5.41) is 10.6. The fourth-order valence-electron chi connectivity index (χ4n) is 7.80. The molecular weight excluding hydrogens is 688 g/mol. The van der Waals surface area contributed by atoms with Crippen molar-refractivity contribution in [1.29, 1.82) is 0 Å². The van der Waals surface area contributed by atoms with Gasteiger partial charge in [0.05, 0.1) is 30.7 Å². The lowest BCUT2D eigenvalue weighted by Crippen LogP contribution is -2.52. The van der Waals surface area contributed by atoms with Crippen molar-refractivity contribution in [3.8, 4) is 17.0 Å². The summed E-state index contributed by atoms with van der Waals surface area (Å²) in [5.74, 6) is -0.0670. The summed E-state index contributed by atoms with van der Waals surface area (Å²) >= 11 is 6.66. The predicted molar refractivity (Wildman–Crippen MR) is 207 cm³/mol. The number of likely N-dealkylation sites (N-methyl/N-ethyl adjacent to an activating group) is 1. The first kappa shape index (κ1) is 31.4. The lowest BCUT2D eigenvalue weighted by atomic mass is 9.92. The molecule has 5 heterocycles. The number of halogens is 1. The summed E-state index contributed by atoms with van der Waals surface area (Å²) in [4.78, 5) is 41.4. The van der Waals surface area contributed by atoms with Gasteiger partial charge in [-0.05, 0) is 91.1 Å². The van der Waals surface area contributed by atoms with Crippen LogP contribution in [0.5, 0.6) is 5.75 Å². The topological polar surface area (TPSA) is 94.4 Å². The number of anilines is 3. The lowest BCUT2D eigenvalue weighted by molar-refractivity contribution is 0.0193. The van der Waals surface area contributed by atoms with Gasteiger partial charge >= 0.3 is 0 Å². The van der Waals surface area contributed by atoms with Crippen LogP contribution in [0.3, 0.4) is 0 Å². The number of pyridine rings is 1. The molecule has 3 aliphatic heterocycles. The molecule has 2 aromatic heterocycles. The average Bonchev–Trinajstić information content (AvgIpc) is 3.75. The Kier molecular flexibility index (Phi) is 8.49. The summed E-state index contributed by atoms with van der Waals surface area (Å²) in [6.07, 6.45) is 2.70. The Labute approximate surface area is 319 Å². The van der Waals surface area contributed by atoms with E-state index in [4.69, 9.17) is 20.5 Å². The van der Waals surface area contributed by atoms with E-state index in [1.54, 1.807) is 42.5 Å². The summed E-state index contributed by atoms with van der Waals surface area (Å²) < 4.78 is 31.3. The number of phenols is 1. The van der Waals surface area contributed by atoms with Crippen molar-refractivity contribution in [3.63, 3.8) is 0 Å². The van der Waals surface area contributed by atoms with Crippen LogP contribution in [0, 0.1) is 6.92 Å². The van der Waals surface area contributed by atoms with Crippen molar-refractivity contribution in [2.75, 3.05) is 56.2 Å². The summed E-state index contributed by atoms with van der Waals surface area (Å²) in [5.41, 5.74) is 6.81. The molecule has 0 unspecified atom stereocenters. The second kappa shape index (κ2) is 14.3. The molecule has 0 spiro atoms. The maximum absolute atomic E-state index is 14.9. The second-order valence-corrected chi connectivity index (χ2v) is 14.4. The molecule has 2 amide bonds. The van der Waals surface area contributed by atoms with Gasteiger partial charge in [-0.1, -0.05) is 35.9 Å². The Hall–Kier alpha value is -5.16. The number of morpholine rings is 1. The van der Waals surface area contributed by atoms with Crippen molar-refractivity contribution in [1.82, 2.24) is 19.4 Å². The van der Waals surface area contributed by atoms with E-state index in [1.807, 2.05) is 35.6 Å². The number of benzene rings is 3. The van der Waals surface area contributed by atoms with Crippen LogP contribution in [0.25, 0.3) is 11.3 Å². The Balaban J connectivity index is 1.17. The fraction of sp³-hybridized carbons (Fsp3) is 0.310. The zero-order valence-corrected chi connectivity index (χ0v) is 30.5. The molecular formula is C42H43ClN6O4. The van der Waals surface area contributed by atoms with Gasteiger partial charge < -0.3 is 24.2 Å². The first-order valence-corrected chi connectivity index (χ1v) is 18.3. The molecule has 0 bridgehead atoms. The number of carbonyl (C=O) groups is 2. The van der Waals surface area contributed by atoms with Gasteiger partial charge in [-0.3, -0.25) is 19.4 Å². The van der Waals surface area contributed by atoms with E-state index < -0.39 is 6.98 Å². The SMILES string of the molecule is [2H]C([2H])([2H])N1CCc2cc(N(C(=O)c3cc(-c4cc(Cl)ccc4C(=O)N4Cc5ccccc5C[C@H]4CN4CCOCC4)n(C)c3C)c3ccc(O)cc3)cnc21. The Morgan fingerprint density at radius 3 is 2.51 bits per heavy atom. The van der Waals surface area contributed by atoms with Crippen LogP contribution in [-0.2, 0) is 31.2 Å². The molecule has 1 N–H and O–H groups in total. The Morgan fingerprint density at radius 2 is 1.74 bits per heavy atom. The maximum atomic E-state index is 14.9. The monoisotopic (exact) mass is 733 g/mol. The number of aromatic nitrogens is 2. The van der Waals surface area contributed by atoms with E-state index in [0.29, 0.717) is 76.5 Å². The van der Waals surface area contributed by atoms with Crippen molar-refractivity contribution >= 4 is 40.6 Å². The van der Waals surface area contributed by atoms with E-state index >= 15 is 0 Å². The van der Waals surface area contributed by atoms with E-state index in [2.05, 4.69) is 22.0 Å². The first-order valence-electron chi connectivity index (χ1n) is 19.4. The molecule has 1 atom stereocenters. The lowest BCUT2D eigenvalue weighted by Gasteiger charge is -2.40. The second-order valence-electron chi connectivity index (χ2n) is 14.0. The minimum atomic E-state index is -2.34. The third kappa shape index (κ3) is 6.67. The highest BCUT2D eigenvalue weighted by Gasteiger charge is 2.34. The predicted octanol–water partition coefficient (Wildman–Crippen LogP) is 6.62. The molecule has 1 fully saturated rings. The van der Waals surface area contributed by atoms with E-state index in [9.17, 15) is 14.7 Å². The summed E-state index contributed by atoms with van der Waals surface area (Å²) in [6.45, 7) is 3.97. The largest absolute Gasteiger partial charge is 0.508 e. The van der Waals surface area contributed by atoms with Gasteiger partial charge in [0.25, 0.3) is 11.8 Å². The Morgan fingerprint density at radius 1 is 0.962 bits per heavy atom. The number of hydrogen-bond acceptors (Lipinski definition) is 7. The van der Waals surface area contributed by atoms with Crippen LogP contribution in [0.1, 0.15) is 47.2 Å². The number of phenolic OH excluding ortho intramolecular Hbond substituents is 1. The number of nitrogens with zero attached hydrogens (tertiary/aromatic N) is 6. The quantitative estimate of drug-likeness (QED) is 0.201. The van der Waals surface area contributed by atoms with Gasteiger partial charge in [0.2, 0.25) is 0 Å². The van der Waals surface area contributed by atoms with Crippen molar-refractivity contribution in [2.45, 2.75) is 32.4 Å². The highest BCUT2D eigenvalue weighted by Crippen LogP contribution is 2.37. The third-order valence-corrected chi connectivity index (χ3v) is 11.0. The molecule has 0 radical (unpaired) electrons. The highest BCUT2D eigenvalue weighted by atomic mass is 35.5. The molecule has 0 aliphatic carbocycles. The average molecular weight is 734 g/mol. The van der Waals surface area contributed by atoms with Gasteiger partial charge in [-0.25, -0.2) is 4.98 Å². The number of ether oxygens (including phenoxy) is 1. The van der Waals surface area contributed by atoms with Crippen LogP contribution < -0.4 is 9.80 Å². The first-order chi connectivity index (χ1) is 26.9. The number of hydrogen-bond donors (Lipinski definition) is 1. The number of carbonyl (C=O) groups excluding carboxylic acids is 2. The van der Waals surface area contributed by atoms with Crippen LogP contribution in [-0.4, -0.2) is 88.7 Å². The van der Waals surface area contributed by atoms with Crippen molar-refractivity contribution in [3.05, 3.63) is 124 Å². The van der Waals surface area contributed by atoms with E-state index in [-0.39, 0.29) is 30.2 Å². The third-order valence-electron chi connectivity index (χ3n) is 10.8. The molecule has 0 saturated carbocycles. The Bertz CT molecular complexity index is 2310. The number of aromatic hydroxyl groups is 1. The number of rotatable bonds is 7. The maximum Gasteiger partial charge on any atom is 0.264 e. The zero-order chi connectivity index (χ0) is 39.3. The van der Waals surface area contributed by atoms with Gasteiger partial charge in [-0.2, -0.15) is 0 Å². The van der Waals surface area contributed by atoms with Crippen LogP contribution >= 0.6 is 11.6 Å². The summed E-state index contributed by atoms with van der Waals surface area (Å²) in [6, 6.07) is 23.4. The molecule has 3 aliphatic rings. The van der Waals surface area contributed by atoms with Crippen LogP contribution in [0.2, 0.25) is 5.02 Å². The fourth-order valence-corrected chi connectivity index (χ4v) is 7.97. The van der Waals surface area contributed by atoms with Crippen molar-refractivity contribution in [2.24, 2.45) is 7.05 Å². The smallest absolute Gasteiger partial charge is 0.264 e. The molecule has 5 aromatic rings. The van der Waals surface area contributed by atoms with Crippen molar-refractivity contribution < 1.29 is 23.5 Å². The summed E-state index contributed by atoms with van der Waals surface area (Å²) in [7, 11) is 1.86. The van der Waals surface area contributed by atoms with Crippen LogP contribution in [0.4, 0.5) is 17.2 Å². The minimum absolute atomic E-state index is 0.0438. The number of fused-ring (bicyclic) bond motifs is 2. The van der Waals surface area contributed by atoms with Crippen LogP contribution in [0.15, 0.2) is 85.1 Å². The normalized spacial score (nSPS) is 18.2. The molecule has 10 nitrogen and oxygen atoms in total. The molecule has 3 aromatic carbocycles. The number of amides is 2. The van der Waals surface area contributed by atoms with Gasteiger partial charge in [0, 0.05) is 90.1 Å². The zero-order valence-electron chi connectivity index (χ0n) is 32.8. The molecule has 8 rings (SSSR count). The van der Waals surface area contributed by atoms with Gasteiger partial charge in [0.15, 0.2) is 0 Å². The van der Waals surface area contributed by atoms with Gasteiger partial charge in [0.1, 0.15) is 11.6 Å². The molecule has 11 heteroatoms. The standard InChI is InChI=1S/C42H43ClN6O4/c1-27-37(42(52)49(32-9-11-35(50)12-10-32)33-21-29-14-15-45(2)40(29)44-24-33)23-39(46(27)3)38-22-31(43)8-13-36(38)41(51)48-25-30-7-5-4-6-28(30)20-34(48)26-47-16-18-53-19-17-47/h4-13,21-24,34,50H,14-20,25-26H2,1-3H3/t34-/m0/s1/i2D3. The molecule has 1 saturated heterocycles. The van der Waals surface area contributed by atoms with Gasteiger partial charge in [-0.15, -0.1) is 0 Å². The van der Waals surface area contributed by atoms with E-state index in [1.165, 1.54) is 33.7 Å².